The SMILES string of the molecule is N#Cc1ccc(C(=O)N[C@@H](c2ccc(Cl)cc2)c2ccc(Br)cn2)cc1C#N. The number of amides is 1. The highest BCUT2D eigenvalue weighted by Gasteiger charge is 2.20. The minimum atomic E-state index is -0.515. The lowest BCUT2D eigenvalue weighted by Gasteiger charge is -2.19. The van der Waals surface area contributed by atoms with Gasteiger partial charge in [0.1, 0.15) is 12.1 Å². The van der Waals surface area contributed by atoms with Gasteiger partial charge in [0.05, 0.1) is 22.9 Å². The topological polar surface area (TPSA) is 89.6 Å². The number of benzene rings is 2. The number of hydrogen-bond acceptors (Lipinski definition) is 4. The standard InChI is InChI=1S/C21H12BrClN4O/c22-17-5-8-19(26-12-17)20(13-3-6-18(23)7-4-13)27-21(28)14-1-2-15(10-24)16(9-14)11-25/h1-9,12,20H,(H,27,28)/t20-/m0/s1. The van der Waals surface area contributed by atoms with Crippen LogP contribution >= 0.6 is 27.5 Å². The first-order valence-electron chi connectivity index (χ1n) is 8.14. The number of rotatable bonds is 4. The molecule has 0 saturated heterocycles. The molecule has 1 amide bonds. The maximum atomic E-state index is 12.8. The van der Waals surface area contributed by atoms with Gasteiger partial charge < -0.3 is 5.32 Å². The lowest BCUT2D eigenvalue weighted by Crippen LogP contribution is -2.30. The number of carbonyl (C=O) groups excluding carboxylic acids is 1. The van der Waals surface area contributed by atoms with Crippen LogP contribution in [-0.2, 0) is 0 Å². The lowest BCUT2D eigenvalue weighted by atomic mass is 10.0. The van der Waals surface area contributed by atoms with Crippen LogP contribution < -0.4 is 5.32 Å². The monoisotopic (exact) mass is 450 g/mol. The van der Waals surface area contributed by atoms with E-state index in [1.807, 2.05) is 36.4 Å². The van der Waals surface area contributed by atoms with Crippen LogP contribution in [0.3, 0.4) is 0 Å². The third-order valence-corrected chi connectivity index (χ3v) is 4.77. The lowest BCUT2D eigenvalue weighted by molar-refractivity contribution is 0.0942. The molecule has 2 aromatic carbocycles. The van der Waals surface area contributed by atoms with Gasteiger partial charge in [-0.1, -0.05) is 23.7 Å². The van der Waals surface area contributed by atoms with Crippen molar-refractivity contribution in [3.63, 3.8) is 0 Å². The van der Waals surface area contributed by atoms with E-state index in [-0.39, 0.29) is 22.6 Å². The van der Waals surface area contributed by atoms with Gasteiger partial charge in [-0.15, -0.1) is 0 Å². The molecule has 0 fully saturated rings. The summed E-state index contributed by atoms with van der Waals surface area (Å²) in [7, 11) is 0. The second-order valence-electron chi connectivity index (χ2n) is 5.84. The highest BCUT2D eigenvalue weighted by molar-refractivity contribution is 9.10. The summed E-state index contributed by atoms with van der Waals surface area (Å²) in [6.45, 7) is 0. The molecule has 0 unspecified atom stereocenters. The van der Waals surface area contributed by atoms with E-state index in [0.29, 0.717) is 10.7 Å². The van der Waals surface area contributed by atoms with Crippen molar-refractivity contribution in [3.8, 4) is 12.1 Å². The molecule has 3 aromatic rings. The van der Waals surface area contributed by atoms with Crippen LogP contribution in [0.5, 0.6) is 0 Å². The maximum Gasteiger partial charge on any atom is 0.252 e. The van der Waals surface area contributed by atoms with Crippen molar-refractivity contribution in [3.05, 3.63) is 98.2 Å². The molecule has 3 rings (SSSR count). The van der Waals surface area contributed by atoms with Crippen LogP contribution in [0.1, 0.15) is 38.8 Å². The van der Waals surface area contributed by atoms with Crippen LogP contribution in [-0.4, -0.2) is 10.9 Å². The van der Waals surface area contributed by atoms with E-state index in [2.05, 4.69) is 26.2 Å². The predicted molar refractivity (Wildman–Crippen MR) is 109 cm³/mol. The number of nitrogens with zero attached hydrogens (tertiary/aromatic N) is 3. The summed E-state index contributed by atoms with van der Waals surface area (Å²) in [6.07, 6.45) is 1.65. The molecule has 5 nitrogen and oxygen atoms in total. The molecule has 1 atom stereocenters. The minimum absolute atomic E-state index is 0.153. The first-order valence-corrected chi connectivity index (χ1v) is 9.31. The first kappa shape index (κ1) is 19.6. The van der Waals surface area contributed by atoms with Crippen molar-refractivity contribution in [1.29, 1.82) is 10.5 Å². The van der Waals surface area contributed by atoms with E-state index >= 15 is 0 Å². The summed E-state index contributed by atoms with van der Waals surface area (Å²) in [5.74, 6) is -0.384. The summed E-state index contributed by atoms with van der Waals surface area (Å²) < 4.78 is 0.822. The number of hydrogen-bond donors (Lipinski definition) is 1. The van der Waals surface area contributed by atoms with Crippen molar-refractivity contribution < 1.29 is 4.79 Å². The number of nitrogens with one attached hydrogen (secondary N) is 1. The van der Waals surface area contributed by atoms with Gasteiger partial charge in [-0.05, 0) is 64.0 Å². The van der Waals surface area contributed by atoms with E-state index in [1.165, 1.54) is 18.2 Å². The van der Waals surface area contributed by atoms with Crippen molar-refractivity contribution in [2.24, 2.45) is 0 Å². The minimum Gasteiger partial charge on any atom is -0.340 e. The van der Waals surface area contributed by atoms with Crippen molar-refractivity contribution in [2.75, 3.05) is 0 Å². The van der Waals surface area contributed by atoms with E-state index in [9.17, 15) is 10.1 Å². The summed E-state index contributed by atoms with van der Waals surface area (Å²) in [4.78, 5) is 17.2. The Labute approximate surface area is 175 Å². The maximum absolute atomic E-state index is 12.8. The normalized spacial score (nSPS) is 11.1. The molecule has 0 radical (unpaired) electrons. The Morgan fingerprint density at radius 1 is 1.04 bits per heavy atom. The third-order valence-electron chi connectivity index (χ3n) is 4.05. The zero-order chi connectivity index (χ0) is 20.1. The molecule has 136 valence electrons. The van der Waals surface area contributed by atoms with E-state index < -0.39 is 6.04 Å². The fourth-order valence-corrected chi connectivity index (χ4v) is 2.99. The highest BCUT2D eigenvalue weighted by atomic mass is 79.9. The molecule has 0 saturated carbocycles. The van der Waals surface area contributed by atoms with Crippen molar-refractivity contribution in [1.82, 2.24) is 10.3 Å². The van der Waals surface area contributed by atoms with Gasteiger partial charge in [-0.3, -0.25) is 9.78 Å². The molecule has 0 aliphatic rings. The summed E-state index contributed by atoms with van der Waals surface area (Å²) >= 11 is 9.33. The average molecular weight is 452 g/mol. The number of pyridine rings is 1. The highest BCUT2D eigenvalue weighted by Crippen LogP contribution is 2.24. The van der Waals surface area contributed by atoms with Crippen LogP contribution in [0, 0.1) is 22.7 Å². The van der Waals surface area contributed by atoms with E-state index in [1.54, 1.807) is 18.3 Å². The Morgan fingerprint density at radius 3 is 2.36 bits per heavy atom. The van der Waals surface area contributed by atoms with Gasteiger partial charge in [0.15, 0.2) is 0 Å². The number of halogens is 2. The Balaban J connectivity index is 1.96. The second kappa shape index (κ2) is 8.67. The van der Waals surface area contributed by atoms with Crippen molar-refractivity contribution in [2.45, 2.75) is 6.04 Å². The Hall–Kier alpha value is -3.19. The molecule has 28 heavy (non-hydrogen) atoms. The zero-order valence-electron chi connectivity index (χ0n) is 14.4. The molecule has 0 bridgehead atoms. The number of carbonyl (C=O) groups is 1. The smallest absolute Gasteiger partial charge is 0.252 e. The van der Waals surface area contributed by atoms with Crippen LogP contribution in [0.2, 0.25) is 5.02 Å². The van der Waals surface area contributed by atoms with E-state index in [4.69, 9.17) is 16.9 Å². The summed E-state index contributed by atoms with van der Waals surface area (Å²) in [5, 5.41) is 21.8. The number of aromatic nitrogens is 1. The molecular formula is C21H12BrClN4O. The van der Waals surface area contributed by atoms with Gasteiger partial charge in [0.2, 0.25) is 0 Å². The Kier molecular flexibility index (Phi) is 6.06. The summed E-state index contributed by atoms with van der Waals surface area (Å²) in [6, 6.07) is 18.5. The zero-order valence-corrected chi connectivity index (χ0v) is 16.7. The van der Waals surface area contributed by atoms with Crippen molar-refractivity contribution >= 4 is 33.4 Å². The molecular weight excluding hydrogens is 440 g/mol. The Morgan fingerprint density at radius 2 is 1.75 bits per heavy atom. The molecule has 1 N–H and O–H groups in total. The molecule has 0 spiro atoms. The van der Waals surface area contributed by atoms with Gasteiger partial charge in [-0.2, -0.15) is 10.5 Å². The first-order chi connectivity index (χ1) is 13.5. The Bertz CT molecular complexity index is 1050. The molecule has 7 heteroatoms. The van der Waals surface area contributed by atoms with Crippen LogP contribution in [0.15, 0.2) is 65.3 Å². The quantitative estimate of drug-likeness (QED) is 0.619. The van der Waals surface area contributed by atoms with Gasteiger partial charge in [-0.25, -0.2) is 0 Å². The predicted octanol–water partition coefficient (Wildman–Crippen LogP) is 4.76. The largest absolute Gasteiger partial charge is 0.340 e. The molecule has 1 aromatic heterocycles. The van der Waals surface area contributed by atoms with Gasteiger partial charge in [0, 0.05) is 21.3 Å². The second-order valence-corrected chi connectivity index (χ2v) is 7.20. The van der Waals surface area contributed by atoms with E-state index in [0.717, 1.165) is 10.0 Å². The average Bonchev–Trinajstić information content (AvgIpc) is 2.72. The fraction of sp³-hybridized carbons (Fsp3) is 0.0476. The van der Waals surface area contributed by atoms with Crippen LogP contribution in [0.4, 0.5) is 0 Å². The number of nitriles is 2. The van der Waals surface area contributed by atoms with Gasteiger partial charge in [0.25, 0.3) is 5.91 Å². The summed E-state index contributed by atoms with van der Waals surface area (Å²) in [5.41, 5.74) is 2.12. The van der Waals surface area contributed by atoms with Gasteiger partial charge >= 0.3 is 0 Å². The molecule has 1 heterocycles. The third kappa shape index (κ3) is 4.37. The van der Waals surface area contributed by atoms with Crippen LogP contribution in [0.25, 0.3) is 0 Å². The molecule has 0 aliphatic heterocycles. The fourth-order valence-electron chi connectivity index (χ4n) is 2.63. The molecule has 0 aliphatic carbocycles.